The predicted molar refractivity (Wildman–Crippen MR) is 97.7 cm³/mol. The van der Waals surface area contributed by atoms with Gasteiger partial charge in [-0.05, 0) is 65.3 Å². The average molecular weight is 347 g/mol. The number of nitrogens with one attached hydrogen (secondary N) is 1. The first kappa shape index (κ1) is 18.5. The number of rotatable bonds is 10. The molecule has 0 radical (unpaired) electrons. The Kier molecular flexibility index (Phi) is 7.79. The van der Waals surface area contributed by atoms with E-state index in [2.05, 4.69) is 16.8 Å². The molecule has 0 unspecified atom stereocenters. The molecule has 0 aliphatic carbocycles. The summed E-state index contributed by atoms with van der Waals surface area (Å²) in [5.74, 6) is 1.20. The molecule has 1 aromatic heterocycles. The number of amides is 1. The Morgan fingerprint density at radius 2 is 2.04 bits per heavy atom. The number of methoxy groups -OCH3 is 1. The molecular weight excluding hydrogens is 322 g/mol. The minimum atomic E-state index is 0.0684. The Bertz CT molecular complexity index is 596. The van der Waals surface area contributed by atoms with Crippen LogP contribution in [-0.4, -0.2) is 31.3 Å². The second-order valence-corrected chi connectivity index (χ2v) is 6.53. The second-order valence-electron chi connectivity index (χ2n) is 5.75. The lowest BCUT2D eigenvalue weighted by atomic mass is 9.95. The zero-order valence-electron chi connectivity index (χ0n) is 14.0. The van der Waals surface area contributed by atoms with Crippen LogP contribution in [-0.2, 0) is 11.2 Å². The second kappa shape index (κ2) is 10.1. The zero-order chi connectivity index (χ0) is 17.2. The van der Waals surface area contributed by atoms with E-state index in [1.54, 1.807) is 18.4 Å². The Morgan fingerprint density at radius 3 is 2.67 bits per heavy atom. The fourth-order valence-corrected chi connectivity index (χ4v) is 3.41. The summed E-state index contributed by atoms with van der Waals surface area (Å²) in [6, 6.07) is 9.89. The fraction of sp³-hybridized carbons (Fsp3) is 0.421. The van der Waals surface area contributed by atoms with Crippen LogP contribution >= 0.6 is 11.3 Å². The van der Waals surface area contributed by atoms with E-state index in [1.807, 2.05) is 29.6 Å². The lowest BCUT2D eigenvalue weighted by Gasteiger charge is -2.15. The molecule has 5 heteroatoms. The third kappa shape index (κ3) is 5.98. The molecule has 0 saturated carbocycles. The Hall–Kier alpha value is -1.85. The van der Waals surface area contributed by atoms with E-state index in [9.17, 15) is 9.90 Å². The number of aryl methyl sites for hydroxylation is 1. The fourth-order valence-electron chi connectivity index (χ4n) is 2.67. The first-order chi connectivity index (χ1) is 11.7. The van der Waals surface area contributed by atoms with Crippen LogP contribution in [0.4, 0.5) is 0 Å². The molecule has 130 valence electrons. The molecule has 4 nitrogen and oxygen atoms in total. The van der Waals surface area contributed by atoms with Crippen LogP contribution in [0.1, 0.15) is 36.3 Å². The molecule has 0 fully saturated rings. The van der Waals surface area contributed by atoms with E-state index < -0.39 is 0 Å². The van der Waals surface area contributed by atoms with Gasteiger partial charge >= 0.3 is 0 Å². The van der Waals surface area contributed by atoms with E-state index in [1.165, 1.54) is 5.56 Å². The van der Waals surface area contributed by atoms with Crippen LogP contribution in [0.25, 0.3) is 0 Å². The SMILES string of the molecule is COc1ccc(CCC(=O)NCC[C@@H](CCO)c2ccsc2)cc1. The van der Waals surface area contributed by atoms with Crippen LogP contribution in [0.5, 0.6) is 5.75 Å². The number of hydrogen-bond donors (Lipinski definition) is 2. The van der Waals surface area contributed by atoms with E-state index in [4.69, 9.17) is 4.74 Å². The van der Waals surface area contributed by atoms with Gasteiger partial charge in [-0.25, -0.2) is 0 Å². The molecule has 1 amide bonds. The molecule has 0 aliphatic heterocycles. The topological polar surface area (TPSA) is 58.6 Å². The highest BCUT2D eigenvalue weighted by Gasteiger charge is 2.12. The monoisotopic (exact) mass is 347 g/mol. The van der Waals surface area contributed by atoms with E-state index in [-0.39, 0.29) is 12.5 Å². The smallest absolute Gasteiger partial charge is 0.220 e. The highest BCUT2D eigenvalue weighted by molar-refractivity contribution is 7.07. The summed E-state index contributed by atoms with van der Waals surface area (Å²) >= 11 is 1.66. The number of ether oxygens (including phenoxy) is 1. The Balaban J connectivity index is 1.70. The molecular formula is C19H25NO3S. The molecule has 24 heavy (non-hydrogen) atoms. The summed E-state index contributed by atoms with van der Waals surface area (Å²) in [4.78, 5) is 12.0. The summed E-state index contributed by atoms with van der Waals surface area (Å²) in [5, 5.41) is 16.3. The number of benzene rings is 1. The van der Waals surface area contributed by atoms with Crippen molar-refractivity contribution in [2.75, 3.05) is 20.3 Å². The van der Waals surface area contributed by atoms with Gasteiger partial charge in [-0.2, -0.15) is 11.3 Å². The van der Waals surface area contributed by atoms with Crippen molar-refractivity contribution < 1.29 is 14.6 Å². The highest BCUT2D eigenvalue weighted by atomic mass is 32.1. The van der Waals surface area contributed by atoms with E-state index >= 15 is 0 Å². The quantitative estimate of drug-likeness (QED) is 0.693. The van der Waals surface area contributed by atoms with Gasteiger partial charge in [0, 0.05) is 19.6 Å². The molecule has 1 atom stereocenters. The van der Waals surface area contributed by atoms with Crippen molar-refractivity contribution in [3.8, 4) is 5.75 Å². The summed E-state index contributed by atoms with van der Waals surface area (Å²) in [5.41, 5.74) is 2.38. The number of carbonyl (C=O) groups is 1. The average Bonchev–Trinajstić information content (AvgIpc) is 3.14. The van der Waals surface area contributed by atoms with Gasteiger partial charge in [0.25, 0.3) is 0 Å². The minimum Gasteiger partial charge on any atom is -0.497 e. The number of aliphatic hydroxyl groups excluding tert-OH is 1. The van der Waals surface area contributed by atoms with Gasteiger partial charge in [0.15, 0.2) is 0 Å². The van der Waals surface area contributed by atoms with Gasteiger partial charge in [-0.3, -0.25) is 4.79 Å². The van der Waals surface area contributed by atoms with Crippen LogP contribution in [0, 0.1) is 0 Å². The Morgan fingerprint density at radius 1 is 1.25 bits per heavy atom. The van der Waals surface area contributed by atoms with E-state index in [0.717, 1.165) is 30.6 Å². The third-order valence-corrected chi connectivity index (χ3v) is 4.81. The highest BCUT2D eigenvalue weighted by Crippen LogP contribution is 2.24. The molecule has 2 aromatic rings. The maximum absolute atomic E-state index is 12.0. The molecule has 0 saturated heterocycles. The van der Waals surface area contributed by atoms with Crippen molar-refractivity contribution in [2.24, 2.45) is 0 Å². The predicted octanol–water partition coefficient (Wildman–Crippen LogP) is 3.36. The molecule has 2 N–H and O–H groups in total. The lowest BCUT2D eigenvalue weighted by Crippen LogP contribution is -2.26. The summed E-state index contributed by atoms with van der Waals surface area (Å²) in [6.45, 7) is 0.813. The summed E-state index contributed by atoms with van der Waals surface area (Å²) in [7, 11) is 1.64. The molecule has 1 heterocycles. The first-order valence-electron chi connectivity index (χ1n) is 8.25. The van der Waals surface area contributed by atoms with Crippen LogP contribution < -0.4 is 10.1 Å². The third-order valence-electron chi connectivity index (χ3n) is 4.11. The molecule has 0 aliphatic rings. The van der Waals surface area contributed by atoms with Crippen molar-refractivity contribution in [1.29, 1.82) is 0 Å². The van der Waals surface area contributed by atoms with Gasteiger partial charge in [-0.15, -0.1) is 0 Å². The van der Waals surface area contributed by atoms with Gasteiger partial charge in [0.05, 0.1) is 7.11 Å². The normalized spacial score (nSPS) is 11.9. The number of hydrogen-bond acceptors (Lipinski definition) is 4. The van der Waals surface area contributed by atoms with Crippen molar-refractivity contribution >= 4 is 17.2 Å². The first-order valence-corrected chi connectivity index (χ1v) is 9.19. The van der Waals surface area contributed by atoms with E-state index in [0.29, 0.717) is 18.9 Å². The lowest BCUT2D eigenvalue weighted by molar-refractivity contribution is -0.121. The Labute approximate surface area is 147 Å². The van der Waals surface area contributed by atoms with Gasteiger partial charge in [0.2, 0.25) is 5.91 Å². The van der Waals surface area contributed by atoms with Crippen LogP contribution in [0.15, 0.2) is 41.1 Å². The van der Waals surface area contributed by atoms with Crippen LogP contribution in [0.3, 0.4) is 0 Å². The van der Waals surface area contributed by atoms with Crippen molar-refractivity contribution in [3.63, 3.8) is 0 Å². The van der Waals surface area contributed by atoms with Crippen LogP contribution in [0.2, 0.25) is 0 Å². The summed E-state index contributed by atoms with van der Waals surface area (Å²) < 4.78 is 5.12. The molecule has 0 spiro atoms. The number of carbonyl (C=O) groups excluding carboxylic acids is 1. The van der Waals surface area contributed by atoms with Gasteiger partial charge < -0.3 is 15.2 Å². The number of thiophene rings is 1. The van der Waals surface area contributed by atoms with Crippen molar-refractivity contribution in [1.82, 2.24) is 5.32 Å². The molecule has 2 rings (SSSR count). The number of aliphatic hydroxyl groups is 1. The minimum absolute atomic E-state index is 0.0684. The summed E-state index contributed by atoms with van der Waals surface area (Å²) in [6.07, 6.45) is 2.79. The molecule has 1 aromatic carbocycles. The van der Waals surface area contributed by atoms with Gasteiger partial charge in [-0.1, -0.05) is 12.1 Å². The van der Waals surface area contributed by atoms with Crippen molar-refractivity contribution in [3.05, 3.63) is 52.2 Å². The zero-order valence-corrected chi connectivity index (χ0v) is 14.8. The van der Waals surface area contributed by atoms with Gasteiger partial charge in [0.1, 0.15) is 5.75 Å². The molecule has 0 bridgehead atoms. The largest absolute Gasteiger partial charge is 0.497 e. The van der Waals surface area contributed by atoms with Crippen molar-refractivity contribution in [2.45, 2.75) is 31.6 Å². The standard InChI is InChI=1S/C19H25NO3S/c1-23-18-5-2-15(3-6-18)4-7-19(22)20-11-8-16(9-12-21)17-10-13-24-14-17/h2-3,5-6,10,13-14,16,21H,4,7-9,11-12H2,1H3,(H,20,22)/t16-/m0/s1. The maximum atomic E-state index is 12.0. The maximum Gasteiger partial charge on any atom is 0.220 e.